The van der Waals surface area contributed by atoms with Crippen LogP contribution in [0.1, 0.15) is 48.9 Å². The number of hydrogen-bond acceptors (Lipinski definition) is 6. The number of piperidine rings is 1. The zero-order valence-electron chi connectivity index (χ0n) is 19.6. The molecule has 1 atom stereocenters. The highest BCUT2D eigenvalue weighted by molar-refractivity contribution is 5.92. The van der Waals surface area contributed by atoms with E-state index in [1.54, 1.807) is 23.1 Å². The minimum absolute atomic E-state index is 0.0342. The van der Waals surface area contributed by atoms with Crippen molar-refractivity contribution in [1.82, 2.24) is 15.0 Å². The first-order valence-electron chi connectivity index (χ1n) is 12.0. The standard InChI is InChI=1S/C25H32FN3O5/c1-2-4-21-15-22(27-34-21)24(31)29-10-3-9-25(17-29,16-23(30)28-11-13-32-14-12-28)18-33-20-7-5-19(26)6-8-20/h5-8,15H,2-4,9-14,16-18H2,1H3/t25-/m0/s1. The number of aryl methyl sites for hydroxylation is 1. The van der Waals surface area contributed by atoms with Crippen molar-refractivity contribution < 1.29 is 28.0 Å². The Balaban J connectivity index is 1.50. The van der Waals surface area contributed by atoms with E-state index >= 15 is 0 Å². The quantitative estimate of drug-likeness (QED) is 0.585. The van der Waals surface area contributed by atoms with Gasteiger partial charge in [0, 0.05) is 50.5 Å². The molecule has 34 heavy (non-hydrogen) atoms. The highest BCUT2D eigenvalue weighted by Gasteiger charge is 2.41. The summed E-state index contributed by atoms with van der Waals surface area (Å²) >= 11 is 0. The predicted octanol–water partition coefficient (Wildman–Crippen LogP) is 3.32. The number of carbonyl (C=O) groups excluding carboxylic acids is 2. The van der Waals surface area contributed by atoms with Crippen LogP contribution >= 0.6 is 0 Å². The SMILES string of the molecule is CCCc1cc(C(=O)N2CCC[C@](COc3ccc(F)cc3)(CC(=O)N3CCOCC3)C2)no1. The maximum absolute atomic E-state index is 13.3. The molecule has 0 radical (unpaired) electrons. The molecule has 3 heterocycles. The minimum atomic E-state index is -0.562. The van der Waals surface area contributed by atoms with Gasteiger partial charge in [-0.1, -0.05) is 12.1 Å². The van der Waals surface area contributed by atoms with Crippen LogP contribution in [0.4, 0.5) is 4.39 Å². The third-order valence-corrected chi connectivity index (χ3v) is 6.47. The molecule has 8 nitrogen and oxygen atoms in total. The summed E-state index contributed by atoms with van der Waals surface area (Å²) in [5.41, 5.74) is -0.272. The highest BCUT2D eigenvalue weighted by atomic mass is 19.1. The van der Waals surface area contributed by atoms with Crippen molar-refractivity contribution in [3.05, 3.63) is 47.6 Å². The van der Waals surface area contributed by atoms with Gasteiger partial charge in [-0.2, -0.15) is 0 Å². The van der Waals surface area contributed by atoms with Gasteiger partial charge in [-0.15, -0.1) is 0 Å². The molecule has 2 aliphatic rings. The van der Waals surface area contributed by atoms with Crippen molar-refractivity contribution >= 4 is 11.8 Å². The Morgan fingerprint density at radius 3 is 2.65 bits per heavy atom. The zero-order chi connectivity index (χ0) is 24.0. The first-order valence-corrected chi connectivity index (χ1v) is 12.0. The van der Waals surface area contributed by atoms with Crippen molar-refractivity contribution in [1.29, 1.82) is 0 Å². The van der Waals surface area contributed by atoms with Crippen molar-refractivity contribution in [2.75, 3.05) is 46.0 Å². The Kier molecular flexibility index (Phi) is 7.82. The number of hydrogen-bond donors (Lipinski definition) is 0. The average molecular weight is 474 g/mol. The lowest BCUT2D eigenvalue weighted by atomic mass is 9.77. The summed E-state index contributed by atoms with van der Waals surface area (Å²) in [6.07, 6.45) is 3.38. The third kappa shape index (κ3) is 5.94. The van der Waals surface area contributed by atoms with E-state index < -0.39 is 5.41 Å². The largest absolute Gasteiger partial charge is 0.493 e. The van der Waals surface area contributed by atoms with E-state index in [1.807, 2.05) is 11.8 Å². The molecule has 2 aliphatic heterocycles. The Labute approximate surface area is 199 Å². The Morgan fingerprint density at radius 1 is 1.15 bits per heavy atom. The van der Waals surface area contributed by atoms with Gasteiger partial charge in [-0.25, -0.2) is 4.39 Å². The monoisotopic (exact) mass is 473 g/mol. The first-order chi connectivity index (χ1) is 16.5. The molecule has 0 spiro atoms. The van der Waals surface area contributed by atoms with Gasteiger partial charge in [-0.3, -0.25) is 9.59 Å². The molecule has 2 aromatic rings. The molecule has 9 heteroatoms. The number of aromatic nitrogens is 1. The molecule has 1 aromatic heterocycles. The lowest BCUT2D eigenvalue weighted by Gasteiger charge is -2.43. The van der Waals surface area contributed by atoms with Gasteiger partial charge in [0.05, 0.1) is 19.8 Å². The number of amides is 2. The topological polar surface area (TPSA) is 85.1 Å². The van der Waals surface area contributed by atoms with Crippen LogP contribution in [0, 0.1) is 11.2 Å². The smallest absolute Gasteiger partial charge is 0.276 e. The van der Waals surface area contributed by atoms with E-state index in [2.05, 4.69) is 5.16 Å². The fourth-order valence-corrected chi connectivity index (χ4v) is 4.65. The summed E-state index contributed by atoms with van der Waals surface area (Å²) in [6, 6.07) is 7.54. The number of ether oxygens (including phenoxy) is 2. The second-order valence-electron chi connectivity index (χ2n) is 9.17. The van der Waals surface area contributed by atoms with Crippen LogP contribution in [0.3, 0.4) is 0 Å². The summed E-state index contributed by atoms with van der Waals surface area (Å²) in [5.74, 6) is 0.719. The van der Waals surface area contributed by atoms with Gasteiger partial charge in [0.1, 0.15) is 17.3 Å². The Bertz CT molecular complexity index is 973. The predicted molar refractivity (Wildman–Crippen MR) is 122 cm³/mol. The number of benzene rings is 1. The summed E-state index contributed by atoms with van der Waals surface area (Å²) in [7, 11) is 0. The molecule has 2 saturated heterocycles. The van der Waals surface area contributed by atoms with Gasteiger partial charge in [0.2, 0.25) is 5.91 Å². The third-order valence-electron chi connectivity index (χ3n) is 6.47. The summed E-state index contributed by atoms with van der Waals surface area (Å²) < 4.78 is 30.0. The summed E-state index contributed by atoms with van der Waals surface area (Å²) in [4.78, 5) is 30.0. The van der Waals surface area contributed by atoms with E-state index in [1.165, 1.54) is 12.1 Å². The van der Waals surface area contributed by atoms with Crippen LogP contribution in [0.15, 0.2) is 34.9 Å². The number of morpholine rings is 1. The molecule has 184 valence electrons. The number of carbonyl (C=O) groups is 2. The van der Waals surface area contributed by atoms with Gasteiger partial charge in [0.15, 0.2) is 5.69 Å². The van der Waals surface area contributed by atoms with Crippen molar-refractivity contribution in [3.63, 3.8) is 0 Å². The zero-order valence-corrected chi connectivity index (χ0v) is 19.6. The fraction of sp³-hybridized carbons (Fsp3) is 0.560. The molecule has 0 bridgehead atoms. The number of rotatable bonds is 8. The molecule has 0 N–H and O–H groups in total. The van der Waals surface area contributed by atoms with Gasteiger partial charge in [-0.05, 0) is 43.5 Å². The number of likely N-dealkylation sites (tertiary alicyclic amines) is 1. The maximum Gasteiger partial charge on any atom is 0.276 e. The Morgan fingerprint density at radius 2 is 1.91 bits per heavy atom. The normalized spacial score (nSPS) is 20.9. The summed E-state index contributed by atoms with van der Waals surface area (Å²) in [5, 5.41) is 3.97. The lowest BCUT2D eigenvalue weighted by molar-refractivity contribution is -0.139. The molecule has 4 rings (SSSR count). The molecule has 2 fully saturated rings. The molecule has 1 aromatic carbocycles. The van der Waals surface area contributed by atoms with Gasteiger partial charge < -0.3 is 23.8 Å². The van der Waals surface area contributed by atoms with E-state index in [4.69, 9.17) is 14.0 Å². The van der Waals surface area contributed by atoms with E-state index in [9.17, 15) is 14.0 Å². The lowest BCUT2D eigenvalue weighted by Crippen LogP contribution is -2.52. The van der Waals surface area contributed by atoms with Crippen LogP contribution in [-0.4, -0.2) is 72.8 Å². The van der Waals surface area contributed by atoms with Crippen molar-refractivity contribution in [3.8, 4) is 5.75 Å². The highest BCUT2D eigenvalue weighted by Crippen LogP contribution is 2.36. The molecule has 0 saturated carbocycles. The molecule has 0 unspecified atom stereocenters. The second-order valence-corrected chi connectivity index (χ2v) is 9.17. The molecular formula is C25H32FN3O5. The van der Waals surface area contributed by atoms with Crippen LogP contribution in [0.2, 0.25) is 0 Å². The average Bonchev–Trinajstić information content (AvgIpc) is 3.33. The van der Waals surface area contributed by atoms with Crippen molar-refractivity contribution in [2.24, 2.45) is 5.41 Å². The Hall–Kier alpha value is -2.94. The van der Waals surface area contributed by atoms with Crippen LogP contribution in [0.5, 0.6) is 5.75 Å². The van der Waals surface area contributed by atoms with E-state index in [-0.39, 0.29) is 30.7 Å². The number of halogens is 1. The molecule has 2 amide bonds. The van der Waals surface area contributed by atoms with E-state index in [0.717, 1.165) is 25.7 Å². The molecule has 0 aliphatic carbocycles. The van der Waals surface area contributed by atoms with Gasteiger partial charge in [0.25, 0.3) is 5.91 Å². The first kappa shape index (κ1) is 24.2. The molecular weight excluding hydrogens is 441 g/mol. The van der Waals surface area contributed by atoms with E-state index in [0.29, 0.717) is 56.6 Å². The number of nitrogens with zero attached hydrogens (tertiary/aromatic N) is 3. The summed E-state index contributed by atoms with van der Waals surface area (Å²) in [6.45, 7) is 5.43. The fourth-order valence-electron chi connectivity index (χ4n) is 4.65. The van der Waals surface area contributed by atoms with Crippen LogP contribution in [-0.2, 0) is 16.0 Å². The van der Waals surface area contributed by atoms with Crippen molar-refractivity contribution in [2.45, 2.75) is 39.0 Å². The van der Waals surface area contributed by atoms with Crippen LogP contribution in [0.25, 0.3) is 0 Å². The van der Waals surface area contributed by atoms with Crippen LogP contribution < -0.4 is 4.74 Å². The second kappa shape index (κ2) is 11.0. The maximum atomic E-state index is 13.3. The van der Waals surface area contributed by atoms with Gasteiger partial charge >= 0.3 is 0 Å². The minimum Gasteiger partial charge on any atom is -0.493 e.